The topological polar surface area (TPSA) is 26.3 Å². The first-order valence-corrected chi connectivity index (χ1v) is 3.39. The molecule has 41 valence electrons. The van der Waals surface area contributed by atoms with Crippen molar-refractivity contribution in [2.24, 2.45) is 0 Å². The molecule has 7 heavy (non-hydrogen) atoms. The fraction of sp³-hybridized carbons (Fsp3) is 1.00. The first-order valence-electron chi connectivity index (χ1n) is 2.14. The van der Waals surface area contributed by atoms with Crippen LogP contribution in [0.2, 0.25) is 6.82 Å². The second-order valence-corrected chi connectivity index (χ2v) is 2.30. The van der Waals surface area contributed by atoms with E-state index in [0.29, 0.717) is 5.75 Å². The lowest BCUT2D eigenvalue weighted by Gasteiger charge is -1.91. The van der Waals surface area contributed by atoms with Crippen molar-refractivity contribution in [2.75, 3.05) is 5.75 Å². The minimum atomic E-state index is -1.08. The van der Waals surface area contributed by atoms with Gasteiger partial charge in [0.05, 0.1) is 0 Å². The van der Waals surface area contributed by atoms with Gasteiger partial charge in [-0.2, -0.15) is 0 Å². The zero-order valence-corrected chi connectivity index (χ0v) is 5.33. The predicted octanol–water partition coefficient (Wildman–Crippen LogP) is 0.354. The van der Waals surface area contributed by atoms with Crippen molar-refractivity contribution in [3.05, 3.63) is 0 Å². The maximum Gasteiger partial charge on any atom is 0.313 e. The molecule has 2 nitrogen and oxygen atoms in total. The highest BCUT2D eigenvalue weighted by Gasteiger charge is 1.89. The summed E-state index contributed by atoms with van der Waals surface area (Å²) in [6.45, 7) is 3.51. The van der Waals surface area contributed by atoms with Gasteiger partial charge in [-0.1, -0.05) is 13.7 Å². The highest BCUT2D eigenvalue weighted by molar-refractivity contribution is 7.80. The summed E-state index contributed by atoms with van der Waals surface area (Å²) in [5.41, 5.74) is 0. The standard InChI is InChI=1S/C3H8BO2S/c1-3-7(5)6-4-2/h3H2,1-2H3. The SMILES string of the molecule is C[B]OS(=O)CC. The van der Waals surface area contributed by atoms with E-state index in [1.54, 1.807) is 13.7 Å². The van der Waals surface area contributed by atoms with Crippen LogP contribution in [0.3, 0.4) is 0 Å². The molecule has 1 radical (unpaired) electrons. The Labute approximate surface area is 47.2 Å². The molecule has 1 atom stereocenters. The molecular formula is C3H8BO2S. The van der Waals surface area contributed by atoms with Gasteiger partial charge >= 0.3 is 7.48 Å². The summed E-state index contributed by atoms with van der Waals surface area (Å²) in [5.74, 6) is 0.560. The molecule has 4 heteroatoms. The zero-order valence-electron chi connectivity index (χ0n) is 4.51. The summed E-state index contributed by atoms with van der Waals surface area (Å²) in [4.78, 5) is 0. The molecule has 0 aromatic rings. The molecule has 0 N–H and O–H groups in total. The Kier molecular flexibility index (Phi) is 4.45. The Balaban J connectivity index is 3.00. The van der Waals surface area contributed by atoms with Crippen molar-refractivity contribution >= 4 is 18.6 Å². The fourth-order valence-corrected chi connectivity index (χ4v) is 0.526. The van der Waals surface area contributed by atoms with Crippen LogP contribution in [0.5, 0.6) is 0 Å². The zero-order chi connectivity index (χ0) is 5.70. The van der Waals surface area contributed by atoms with Gasteiger partial charge in [-0.05, 0) is 0 Å². The Hall–Kier alpha value is 0.175. The van der Waals surface area contributed by atoms with Crippen molar-refractivity contribution < 1.29 is 8.31 Å². The molecule has 0 rings (SSSR count). The fourth-order valence-electron chi connectivity index (χ4n) is 0.175. The third kappa shape index (κ3) is 4.02. The first kappa shape index (κ1) is 7.17. The Morgan fingerprint density at radius 1 is 1.86 bits per heavy atom. The molecule has 0 saturated carbocycles. The third-order valence-electron chi connectivity index (χ3n) is 0.439. The van der Waals surface area contributed by atoms with E-state index >= 15 is 0 Å². The maximum absolute atomic E-state index is 10.3. The number of hydrogen-bond donors (Lipinski definition) is 0. The molecule has 0 amide bonds. The molecule has 0 aliphatic carbocycles. The van der Waals surface area contributed by atoms with E-state index in [9.17, 15) is 4.21 Å². The minimum absolute atomic E-state index is 0.560. The largest absolute Gasteiger partial charge is 0.360 e. The quantitative estimate of drug-likeness (QED) is 0.501. The van der Waals surface area contributed by atoms with Crippen molar-refractivity contribution in [1.82, 2.24) is 0 Å². The molecule has 0 aromatic heterocycles. The predicted molar refractivity (Wildman–Crippen MR) is 31.4 cm³/mol. The molecule has 0 heterocycles. The van der Waals surface area contributed by atoms with Crippen molar-refractivity contribution in [1.29, 1.82) is 0 Å². The average Bonchev–Trinajstić information content (AvgIpc) is 1.68. The van der Waals surface area contributed by atoms with Gasteiger partial charge < -0.3 is 4.10 Å². The van der Waals surface area contributed by atoms with Crippen LogP contribution in [0.25, 0.3) is 0 Å². The van der Waals surface area contributed by atoms with E-state index < -0.39 is 11.1 Å². The summed E-state index contributed by atoms with van der Waals surface area (Å²) >= 11 is -1.08. The van der Waals surface area contributed by atoms with Crippen molar-refractivity contribution in [3.63, 3.8) is 0 Å². The van der Waals surface area contributed by atoms with E-state index in [2.05, 4.69) is 4.10 Å². The normalized spacial score (nSPS) is 13.4. The maximum atomic E-state index is 10.3. The lowest BCUT2D eigenvalue weighted by molar-refractivity contribution is 0.589. The van der Waals surface area contributed by atoms with Gasteiger partial charge in [-0.25, -0.2) is 4.21 Å². The van der Waals surface area contributed by atoms with Crippen LogP contribution >= 0.6 is 0 Å². The summed E-state index contributed by atoms with van der Waals surface area (Å²) in [5, 5.41) is 0. The van der Waals surface area contributed by atoms with Gasteiger partial charge in [0.2, 0.25) is 0 Å². The first-order chi connectivity index (χ1) is 3.31. The van der Waals surface area contributed by atoms with E-state index in [1.807, 2.05) is 0 Å². The van der Waals surface area contributed by atoms with Crippen LogP contribution in [0.15, 0.2) is 0 Å². The summed E-state index contributed by atoms with van der Waals surface area (Å²) in [6, 6.07) is 0. The number of hydrogen-bond acceptors (Lipinski definition) is 2. The highest BCUT2D eigenvalue weighted by Crippen LogP contribution is 1.79. The number of rotatable bonds is 3. The molecule has 0 fully saturated rings. The van der Waals surface area contributed by atoms with Crippen LogP contribution in [0.4, 0.5) is 0 Å². The van der Waals surface area contributed by atoms with Gasteiger partial charge in [0.15, 0.2) is 0 Å². The van der Waals surface area contributed by atoms with Crippen LogP contribution in [-0.4, -0.2) is 17.4 Å². The minimum Gasteiger partial charge on any atom is -0.360 e. The second-order valence-electron chi connectivity index (χ2n) is 0.924. The molecule has 0 spiro atoms. The lowest BCUT2D eigenvalue weighted by Crippen LogP contribution is -1.99. The van der Waals surface area contributed by atoms with Crippen LogP contribution in [-0.2, 0) is 15.2 Å². The van der Waals surface area contributed by atoms with Gasteiger partial charge in [-0.3, -0.25) is 0 Å². The van der Waals surface area contributed by atoms with E-state index in [1.165, 1.54) is 7.48 Å². The summed E-state index contributed by atoms with van der Waals surface area (Å²) in [7, 11) is 1.43. The summed E-state index contributed by atoms with van der Waals surface area (Å²) < 4.78 is 14.8. The monoisotopic (exact) mass is 119 g/mol. The lowest BCUT2D eigenvalue weighted by atomic mass is 10.1. The molecule has 0 aromatic carbocycles. The van der Waals surface area contributed by atoms with Gasteiger partial charge in [0, 0.05) is 5.75 Å². The highest BCUT2D eigenvalue weighted by atomic mass is 32.2. The Morgan fingerprint density at radius 3 is 2.57 bits per heavy atom. The van der Waals surface area contributed by atoms with Crippen LogP contribution < -0.4 is 0 Å². The Morgan fingerprint density at radius 2 is 2.43 bits per heavy atom. The van der Waals surface area contributed by atoms with Crippen molar-refractivity contribution in [2.45, 2.75) is 13.7 Å². The average molecular weight is 119 g/mol. The van der Waals surface area contributed by atoms with Gasteiger partial charge in [-0.15, -0.1) is 0 Å². The van der Waals surface area contributed by atoms with Gasteiger partial charge in [0.1, 0.15) is 11.1 Å². The van der Waals surface area contributed by atoms with Crippen LogP contribution in [0.1, 0.15) is 6.92 Å². The summed E-state index contributed by atoms with van der Waals surface area (Å²) in [6.07, 6.45) is 0. The molecule has 0 saturated heterocycles. The molecular weight excluding hydrogens is 111 g/mol. The van der Waals surface area contributed by atoms with E-state index in [4.69, 9.17) is 0 Å². The van der Waals surface area contributed by atoms with Gasteiger partial charge in [0.25, 0.3) is 0 Å². The van der Waals surface area contributed by atoms with E-state index in [-0.39, 0.29) is 0 Å². The smallest absolute Gasteiger partial charge is 0.313 e. The molecule has 0 aliphatic heterocycles. The molecule has 1 unspecified atom stereocenters. The molecule has 0 aliphatic rings. The van der Waals surface area contributed by atoms with Crippen molar-refractivity contribution in [3.8, 4) is 0 Å². The van der Waals surface area contributed by atoms with E-state index in [0.717, 1.165) is 0 Å². The van der Waals surface area contributed by atoms with Crippen LogP contribution in [0, 0.1) is 0 Å². The Bertz CT molecular complexity index is 66.0. The third-order valence-corrected chi connectivity index (χ3v) is 1.32. The molecule has 0 bridgehead atoms. The second kappa shape index (κ2) is 4.34.